The number of aromatic nitrogens is 3. The lowest BCUT2D eigenvalue weighted by Gasteiger charge is -2.36. The van der Waals surface area contributed by atoms with Gasteiger partial charge in [-0.25, -0.2) is 4.98 Å². The maximum atomic E-state index is 13.9. The fourth-order valence-corrected chi connectivity index (χ4v) is 7.22. The van der Waals surface area contributed by atoms with Gasteiger partial charge in [0.2, 0.25) is 11.7 Å². The maximum absolute atomic E-state index is 13.9. The number of pyridine rings is 1. The zero-order valence-corrected chi connectivity index (χ0v) is 28.9. The number of nitrogens with zero attached hydrogens (tertiary/aromatic N) is 5. The molecule has 10 heteroatoms. The molecule has 0 saturated carbocycles. The van der Waals surface area contributed by atoms with Gasteiger partial charge in [-0.2, -0.15) is 0 Å². The largest absolute Gasteiger partial charge is 0.493 e. The van der Waals surface area contributed by atoms with Crippen LogP contribution in [0.5, 0.6) is 17.2 Å². The van der Waals surface area contributed by atoms with E-state index < -0.39 is 0 Å². The predicted octanol–water partition coefficient (Wildman–Crippen LogP) is 6.17. The third-order valence-corrected chi connectivity index (χ3v) is 10.0. The van der Waals surface area contributed by atoms with Gasteiger partial charge in [0, 0.05) is 62.1 Å². The van der Waals surface area contributed by atoms with E-state index in [0.717, 1.165) is 68.8 Å². The predicted molar refractivity (Wildman–Crippen MR) is 189 cm³/mol. The Morgan fingerprint density at radius 3 is 2.35 bits per heavy atom. The summed E-state index contributed by atoms with van der Waals surface area (Å²) in [6.07, 6.45) is 9.95. The number of imidazole rings is 1. The molecule has 2 aromatic carbocycles. The first-order valence-corrected chi connectivity index (χ1v) is 16.9. The second-order valence-electron chi connectivity index (χ2n) is 13.2. The molecule has 2 aliphatic rings. The molecular weight excluding hydrogens is 604 g/mol. The highest BCUT2D eigenvalue weighted by atomic mass is 16.5. The van der Waals surface area contributed by atoms with E-state index >= 15 is 0 Å². The summed E-state index contributed by atoms with van der Waals surface area (Å²) in [6, 6.07) is 16.5. The number of hydrogen-bond donors (Lipinski definition) is 1. The molecule has 2 aliphatic heterocycles. The lowest BCUT2D eigenvalue weighted by molar-refractivity contribution is 0.0779. The topological polar surface area (TPSA) is 94.0 Å². The van der Waals surface area contributed by atoms with E-state index in [1.165, 1.54) is 11.1 Å². The van der Waals surface area contributed by atoms with Gasteiger partial charge in [0.25, 0.3) is 5.91 Å². The highest BCUT2D eigenvalue weighted by Gasteiger charge is 2.42. The molecule has 0 bridgehead atoms. The first-order valence-electron chi connectivity index (χ1n) is 16.9. The normalized spacial score (nSPS) is 18.6. The zero-order chi connectivity index (χ0) is 33.7. The van der Waals surface area contributed by atoms with Gasteiger partial charge in [-0.15, -0.1) is 0 Å². The molecule has 0 aliphatic carbocycles. The van der Waals surface area contributed by atoms with Crippen LogP contribution in [0, 0.1) is 0 Å². The van der Waals surface area contributed by atoms with E-state index in [1.54, 1.807) is 33.5 Å². The summed E-state index contributed by atoms with van der Waals surface area (Å²) in [6.45, 7) is 9.41. The van der Waals surface area contributed by atoms with Gasteiger partial charge in [0.1, 0.15) is 0 Å². The number of methoxy groups -OCH3 is 3. The van der Waals surface area contributed by atoms with Crippen LogP contribution in [-0.2, 0) is 12.0 Å². The van der Waals surface area contributed by atoms with Crippen molar-refractivity contribution in [2.45, 2.75) is 57.5 Å². The molecule has 2 saturated heterocycles. The first-order chi connectivity index (χ1) is 23.3. The molecule has 254 valence electrons. The number of allylic oxidation sites excluding steroid dienone is 2. The van der Waals surface area contributed by atoms with Crippen LogP contribution in [0.2, 0.25) is 0 Å². The summed E-state index contributed by atoms with van der Waals surface area (Å²) in [7, 11) is 4.70. The summed E-state index contributed by atoms with van der Waals surface area (Å²) in [5.41, 5.74) is 5.10. The number of fused-ring (bicyclic) bond motifs is 1. The monoisotopic (exact) mass is 652 g/mol. The molecule has 1 amide bonds. The van der Waals surface area contributed by atoms with Crippen LogP contribution < -0.4 is 19.5 Å². The number of nitrogens with one attached hydrogen (secondary N) is 1. The number of carbonyl (C=O) groups is 1. The van der Waals surface area contributed by atoms with Gasteiger partial charge in [-0.3, -0.25) is 9.78 Å². The van der Waals surface area contributed by atoms with Crippen LogP contribution >= 0.6 is 0 Å². The highest BCUT2D eigenvalue weighted by molar-refractivity contribution is 5.96. The van der Waals surface area contributed by atoms with E-state index in [2.05, 4.69) is 76.1 Å². The minimum atomic E-state index is -0.149. The summed E-state index contributed by atoms with van der Waals surface area (Å²) in [5, 5.41) is 3.79. The molecule has 48 heavy (non-hydrogen) atoms. The lowest BCUT2D eigenvalue weighted by atomic mass is 9.77. The van der Waals surface area contributed by atoms with Gasteiger partial charge in [0.15, 0.2) is 11.5 Å². The number of para-hydroxylation sites is 2. The molecule has 0 spiro atoms. The number of carbonyl (C=O) groups excluding carboxylic acids is 1. The van der Waals surface area contributed by atoms with Gasteiger partial charge < -0.3 is 33.9 Å². The van der Waals surface area contributed by atoms with E-state index in [4.69, 9.17) is 19.2 Å². The molecule has 2 fully saturated rings. The number of amides is 1. The second kappa shape index (κ2) is 14.7. The second-order valence-corrected chi connectivity index (χ2v) is 13.2. The van der Waals surface area contributed by atoms with Crippen molar-refractivity contribution in [3.8, 4) is 17.2 Å². The SMILES string of the molecule is COc1cc(C(=O)N2CCC(CCN3CCC(Nc4nc5ccccc5n4CC=C(C)C)CC3)(c3ccncc3)C2)cc(OC)c1OC. The Labute approximate surface area is 283 Å². The van der Waals surface area contributed by atoms with Crippen LogP contribution in [0.1, 0.15) is 55.5 Å². The summed E-state index contributed by atoms with van der Waals surface area (Å²) >= 11 is 0. The molecule has 2 aromatic heterocycles. The standard InChI is InChI=1S/C38H48N6O4/c1-27(2)12-21-44-32-9-7-6-8-31(32)41-37(44)40-30-13-19-42(20-14-30)22-15-38(29-10-17-39-18-11-29)16-23-43(26-38)36(45)28-24-33(46-3)35(48-5)34(25-28)47-4/h6-12,17-18,24-25,30H,13-16,19-23,26H2,1-5H3,(H,40,41). The molecule has 6 rings (SSSR count). The third kappa shape index (κ3) is 6.99. The Morgan fingerprint density at radius 2 is 1.69 bits per heavy atom. The summed E-state index contributed by atoms with van der Waals surface area (Å²) in [4.78, 5) is 27.7. The van der Waals surface area contributed by atoms with Crippen molar-refractivity contribution in [2.24, 2.45) is 0 Å². The fourth-order valence-electron chi connectivity index (χ4n) is 7.22. The molecule has 10 nitrogen and oxygen atoms in total. The van der Waals surface area contributed by atoms with E-state index in [0.29, 0.717) is 41.9 Å². The molecule has 4 aromatic rings. The molecule has 4 heterocycles. The fraction of sp³-hybridized carbons (Fsp3) is 0.447. The molecule has 1 atom stereocenters. The van der Waals surface area contributed by atoms with Crippen molar-refractivity contribution >= 4 is 22.9 Å². The van der Waals surface area contributed by atoms with Gasteiger partial charge in [-0.1, -0.05) is 23.8 Å². The Morgan fingerprint density at radius 1 is 0.979 bits per heavy atom. The van der Waals surface area contributed by atoms with Crippen LogP contribution in [0.25, 0.3) is 11.0 Å². The van der Waals surface area contributed by atoms with Crippen LogP contribution in [0.15, 0.2) is 72.6 Å². The van der Waals surface area contributed by atoms with Crippen molar-refractivity contribution in [1.29, 1.82) is 0 Å². The molecular formula is C38H48N6O4. The Balaban J connectivity index is 1.12. The quantitative estimate of drug-likeness (QED) is 0.182. The minimum Gasteiger partial charge on any atom is -0.493 e. The number of likely N-dealkylation sites (tertiary alicyclic amines) is 2. The number of ether oxygens (including phenoxy) is 3. The Hall–Kier alpha value is -4.57. The van der Waals surface area contributed by atoms with Gasteiger partial charge in [-0.05, 0) is 88.0 Å². The summed E-state index contributed by atoms with van der Waals surface area (Å²) < 4.78 is 18.8. The maximum Gasteiger partial charge on any atom is 0.254 e. The number of hydrogen-bond acceptors (Lipinski definition) is 8. The van der Waals surface area contributed by atoms with Crippen molar-refractivity contribution in [3.63, 3.8) is 0 Å². The Kier molecular flexibility index (Phi) is 10.2. The number of anilines is 1. The van der Waals surface area contributed by atoms with Crippen LogP contribution in [0.4, 0.5) is 5.95 Å². The molecule has 0 radical (unpaired) electrons. The van der Waals surface area contributed by atoms with Crippen molar-refractivity contribution < 1.29 is 19.0 Å². The van der Waals surface area contributed by atoms with E-state index in [9.17, 15) is 4.79 Å². The average molecular weight is 653 g/mol. The van der Waals surface area contributed by atoms with Gasteiger partial charge >= 0.3 is 0 Å². The highest BCUT2D eigenvalue weighted by Crippen LogP contribution is 2.41. The number of piperidine rings is 1. The number of rotatable bonds is 12. The molecule has 1 unspecified atom stereocenters. The van der Waals surface area contributed by atoms with Crippen molar-refractivity contribution in [3.05, 3.63) is 83.7 Å². The van der Waals surface area contributed by atoms with E-state index in [-0.39, 0.29) is 11.3 Å². The lowest BCUT2D eigenvalue weighted by Crippen LogP contribution is -2.42. The van der Waals surface area contributed by atoms with E-state index in [1.807, 2.05) is 17.3 Å². The number of benzene rings is 2. The summed E-state index contributed by atoms with van der Waals surface area (Å²) in [5.74, 6) is 2.34. The zero-order valence-electron chi connectivity index (χ0n) is 28.9. The van der Waals surface area contributed by atoms with Crippen molar-refractivity contribution in [2.75, 3.05) is 59.4 Å². The Bertz CT molecular complexity index is 1720. The average Bonchev–Trinajstić information content (AvgIpc) is 3.72. The van der Waals surface area contributed by atoms with Crippen LogP contribution in [0.3, 0.4) is 0 Å². The van der Waals surface area contributed by atoms with Gasteiger partial charge in [0.05, 0.1) is 32.4 Å². The van der Waals surface area contributed by atoms with Crippen LogP contribution in [-0.4, -0.2) is 90.3 Å². The first kappa shape index (κ1) is 33.3. The minimum absolute atomic E-state index is 0.0346. The molecule has 1 N–H and O–H groups in total. The van der Waals surface area contributed by atoms with Crippen molar-refractivity contribution in [1.82, 2.24) is 24.3 Å². The smallest absolute Gasteiger partial charge is 0.254 e. The third-order valence-electron chi connectivity index (χ3n) is 10.0.